The third-order valence-corrected chi connectivity index (χ3v) is 2.79. The average Bonchev–Trinajstić information content (AvgIpc) is 2.27. The zero-order valence-electron chi connectivity index (χ0n) is 9.19. The van der Waals surface area contributed by atoms with E-state index in [0.29, 0.717) is 25.1 Å². The number of aryl methyl sites for hydroxylation is 1. The summed E-state index contributed by atoms with van der Waals surface area (Å²) in [5.41, 5.74) is 8.32. The summed E-state index contributed by atoms with van der Waals surface area (Å²) in [5.74, 6) is -0.355. The van der Waals surface area contributed by atoms with Crippen LogP contribution in [-0.4, -0.2) is 11.8 Å². The second kappa shape index (κ2) is 4.06. The molecule has 0 aromatic heterocycles. The number of imide groups is 1. The van der Waals surface area contributed by atoms with Crippen molar-refractivity contribution in [1.29, 1.82) is 0 Å². The highest BCUT2D eigenvalue weighted by Gasteiger charge is 2.26. The Morgan fingerprint density at radius 2 is 2.19 bits per heavy atom. The summed E-state index contributed by atoms with van der Waals surface area (Å²) in [6, 6.07) is 5.63. The number of carbonyl (C=O) groups is 2. The molecule has 1 aromatic rings. The van der Waals surface area contributed by atoms with Gasteiger partial charge in [0.1, 0.15) is 0 Å². The van der Waals surface area contributed by atoms with Gasteiger partial charge in [-0.1, -0.05) is 12.1 Å². The van der Waals surface area contributed by atoms with Crippen LogP contribution < -0.4 is 10.6 Å². The molecule has 4 nitrogen and oxygen atoms in total. The van der Waals surface area contributed by atoms with Crippen molar-refractivity contribution in [2.75, 3.05) is 4.90 Å². The first-order valence-electron chi connectivity index (χ1n) is 5.29. The van der Waals surface area contributed by atoms with Crippen LogP contribution in [0.5, 0.6) is 0 Å². The van der Waals surface area contributed by atoms with Gasteiger partial charge >= 0.3 is 0 Å². The highest BCUT2D eigenvalue weighted by atomic mass is 16.2. The number of hydrogen-bond donors (Lipinski definition) is 1. The van der Waals surface area contributed by atoms with E-state index in [-0.39, 0.29) is 11.8 Å². The summed E-state index contributed by atoms with van der Waals surface area (Å²) >= 11 is 0. The van der Waals surface area contributed by atoms with Gasteiger partial charge in [0.15, 0.2) is 0 Å². The van der Waals surface area contributed by atoms with E-state index < -0.39 is 0 Å². The maximum absolute atomic E-state index is 11.6. The van der Waals surface area contributed by atoms with E-state index in [4.69, 9.17) is 5.73 Å². The highest BCUT2D eigenvalue weighted by Crippen LogP contribution is 2.28. The molecule has 0 radical (unpaired) electrons. The minimum Gasteiger partial charge on any atom is -0.326 e. The zero-order chi connectivity index (χ0) is 11.7. The number of nitrogens with zero attached hydrogens (tertiary/aromatic N) is 1. The average molecular weight is 218 g/mol. The van der Waals surface area contributed by atoms with Crippen molar-refractivity contribution in [3.63, 3.8) is 0 Å². The molecule has 1 aliphatic heterocycles. The lowest BCUT2D eigenvalue weighted by Crippen LogP contribution is -2.38. The van der Waals surface area contributed by atoms with E-state index in [9.17, 15) is 9.59 Å². The van der Waals surface area contributed by atoms with E-state index >= 15 is 0 Å². The highest BCUT2D eigenvalue weighted by molar-refractivity contribution is 6.15. The molecular formula is C12H14N2O2. The lowest BCUT2D eigenvalue weighted by Gasteiger charge is -2.27. The van der Waals surface area contributed by atoms with Crippen molar-refractivity contribution in [3.05, 3.63) is 29.3 Å². The van der Waals surface area contributed by atoms with Crippen molar-refractivity contribution >= 4 is 17.5 Å². The molecule has 84 valence electrons. The molecule has 0 spiro atoms. The smallest absolute Gasteiger partial charge is 0.234 e. The Hall–Kier alpha value is -1.68. The summed E-state index contributed by atoms with van der Waals surface area (Å²) in [6.45, 7) is 1.88. The number of carbonyl (C=O) groups excluding carboxylic acids is 2. The topological polar surface area (TPSA) is 63.4 Å². The first-order chi connectivity index (χ1) is 7.63. The SMILES string of the molecule is CC(=O)N1C(=O)CCc2cc(CN)ccc21. The molecule has 2 amide bonds. The molecule has 2 rings (SSSR count). The van der Waals surface area contributed by atoms with Gasteiger partial charge < -0.3 is 5.73 Å². The number of anilines is 1. The number of rotatable bonds is 1. The lowest BCUT2D eigenvalue weighted by atomic mass is 9.98. The summed E-state index contributed by atoms with van der Waals surface area (Å²) in [5, 5.41) is 0. The molecule has 0 fully saturated rings. The van der Waals surface area contributed by atoms with E-state index in [2.05, 4.69) is 0 Å². The van der Waals surface area contributed by atoms with E-state index in [1.165, 1.54) is 11.8 Å². The summed E-state index contributed by atoms with van der Waals surface area (Å²) in [6.07, 6.45) is 1.08. The second-order valence-electron chi connectivity index (χ2n) is 3.92. The molecule has 1 aromatic carbocycles. The standard InChI is InChI=1S/C12H14N2O2/c1-8(15)14-11-4-2-9(7-13)6-10(11)3-5-12(14)16/h2,4,6H,3,5,7,13H2,1H3. The molecular weight excluding hydrogens is 204 g/mol. The first-order valence-corrected chi connectivity index (χ1v) is 5.29. The van der Waals surface area contributed by atoms with Gasteiger partial charge in [0.2, 0.25) is 11.8 Å². The Balaban J connectivity index is 2.48. The largest absolute Gasteiger partial charge is 0.326 e. The zero-order valence-corrected chi connectivity index (χ0v) is 9.19. The summed E-state index contributed by atoms with van der Waals surface area (Å²) in [4.78, 5) is 24.3. The van der Waals surface area contributed by atoms with Crippen LogP contribution in [0.3, 0.4) is 0 Å². The fourth-order valence-electron chi connectivity index (χ4n) is 2.02. The normalized spacial score (nSPS) is 14.9. The first kappa shape index (κ1) is 10.8. The third kappa shape index (κ3) is 1.72. The summed E-state index contributed by atoms with van der Waals surface area (Å²) in [7, 11) is 0. The minimum atomic E-state index is -0.230. The molecule has 1 heterocycles. The van der Waals surface area contributed by atoms with Gasteiger partial charge in [0, 0.05) is 19.9 Å². The van der Waals surface area contributed by atoms with Crippen molar-refractivity contribution in [1.82, 2.24) is 0 Å². The van der Waals surface area contributed by atoms with Crippen LogP contribution in [0.2, 0.25) is 0 Å². The second-order valence-corrected chi connectivity index (χ2v) is 3.92. The Labute approximate surface area is 94.0 Å². The van der Waals surface area contributed by atoms with Crippen molar-refractivity contribution < 1.29 is 9.59 Å². The predicted octanol–water partition coefficient (Wildman–Crippen LogP) is 0.971. The van der Waals surface area contributed by atoms with Crippen LogP contribution in [0, 0.1) is 0 Å². The Kier molecular flexibility index (Phi) is 2.75. The van der Waals surface area contributed by atoms with Gasteiger partial charge in [-0.2, -0.15) is 0 Å². The predicted molar refractivity (Wildman–Crippen MR) is 60.8 cm³/mol. The molecule has 0 atom stereocenters. The van der Waals surface area contributed by atoms with Crippen molar-refractivity contribution in [2.45, 2.75) is 26.3 Å². The van der Waals surface area contributed by atoms with Crippen LogP contribution in [-0.2, 0) is 22.6 Å². The molecule has 2 N–H and O–H groups in total. The fraction of sp³-hybridized carbons (Fsp3) is 0.333. The number of amides is 2. The maximum atomic E-state index is 11.6. The maximum Gasteiger partial charge on any atom is 0.234 e. The van der Waals surface area contributed by atoms with Gasteiger partial charge in [-0.25, -0.2) is 0 Å². The van der Waals surface area contributed by atoms with Crippen LogP contribution >= 0.6 is 0 Å². The van der Waals surface area contributed by atoms with Gasteiger partial charge in [-0.3, -0.25) is 14.5 Å². The van der Waals surface area contributed by atoms with Gasteiger partial charge in [-0.15, -0.1) is 0 Å². The minimum absolute atomic E-state index is 0.125. The number of hydrogen-bond acceptors (Lipinski definition) is 3. The number of fused-ring (bicyclic) bond motifs is 1. The van der Waals surface area contributed by atoms with Gasteiger partial charge in [0.05, 0.1) is 5.69 Å². The van der Waals surface area contributed by atoms with Crippen molar-refractivity contribution in [2.24, 2.45) is 5.73 Å². The summed E-state index contributed by atoms with van der Waals surface area (Å²) < 4.78 is 0. The number of nitrogens with two attached hydrogens (primary N) is 1. The van der Waals surface area contributed by atoms with E-state index in [0.717, 1.165) is 11.1 Å². The van der Waals surface area contributed by atoms with Crippen LogP contribution in [0.1, 0.15) is 24.5 Å². The third-order valence-electron chi connectivity index (χ3n) is 2.79. The molecule has 0 unspecified atom stereocenters. The monoisotopic (exact) mass is 218 g/mol. The fourth-order valence-corrected chi connectivity index (χ4v) is 2.02. The van der Waals surface area contributed by atoms with Crippen molar-refractivity contribution in [3.8, 4) is 0 Å². The molecule has 0 saturated heterocycles. The van der Waals surface area contributed by atoms with Gasteiger partial charge in [-0.05, 0) is 23.6 Å². The molecule has 16 heavy (non-hydrogen) atoms. The molecule has 0 saturated carbocycles. The molecule has 0 bridgehead atoms. The van der Waals surface area contributed by atoms with Crippen LogP contribution in [0.25, 0.3) is 0 Å². The van der Waals surface area contributed by atoms with E-state index in [1.807, 2.05) is 12.1 Å². The Morgan fingerprint density at radius 3 is 2.81 bits per heavy atom. The Bertz CT molecular complexity index is 454. The van der Waals surface area contributed by atoms with E-state index in [1.54, 1.807) is 6.07 Å². The van der Waals surface area contributed by atoms with Crippen LogP contribution in [0.4, 0.5) is 5.69 Å². The molecule has 4 heteroatoms. The molecule has 0 aliphatic carbocycles. The quantitative estimate of drug-likeness (QED) is 0.764. The lowest BCUT2D eigenvalue weighted by molar-refractivity contribution is -0.125. The van der Waals surface area contributed by atoms with Gasteiger partial charge in [0.25, 0.3) is 0 Å². The Morgan fingerprint density at radius 1 is 1.44 bits per heavy atom. The van der Waals surface area contributed by atoms with Crippen LogP contribution in [0.15, 0.2) is 18.2 Å². The molecule has 1 aliphatic rings. The number of benzene rings is 1.